The standard InChI is InChI=1S/C20H24ClNOS/c1-16(9-10-17-6-3-2-4-7-17)22-20(23)8-5-15-24-19-13-11-18(21)12-14-19/h2-4,6-7,11-14,16H,5,8-10,15H2,1H3,(H,22,23)/t16-/m0/s1. The average Bonchev–Trinajstić information content (AvgIpc) is 2.59. The third-order valence-corrected chi connectivity index (χ3v) is 5.10. The summed E-state index contributed by atoms with van der Waals surface area (Å²) >= 11 is 7.62. The van der Waals surface area contributed by atoms with E-state index in [4.69, 9.17) is 11.6 Å². The van der Waals surface area contributed by atoms with Gasteiger partial charge in [0.2, 0.25) is 5.91 Å². The number of carbonyl (C=O) groups excluding carboxylic acids is 1. The second kappa shape index (κ2) is 10.4. The van der Waals surface area contributed by atoms with Crippen molar-refractivity contribution in [2.75, 3.05) is 5.75 Å². The lowest BCUT2D eigenvalue weighted by Crippen LogP contribution is -2.32. The van der Waals surface area contributed by atoms with Crippen LogP contribution in [-0.2, 0) is 11.2 Å². The molecule has 0 radical (unpaired) electrons. The van der Waals surface area contributed by atoms with Gasteiger partial charge in [-0.2, -0.15) is 0 Å². The molecule has 2 nitrogen and oxygen atoms in total. The zero-order valence-corrected chi connectivity index (χ0v) is 15.6. The molecule has 1 amide bonds. The molecule has 0 spiro atoms. The Kier molecular flexibility index (Phi) is 8.20. The van der Waals surface area contributed by atoms with Crippen molar-refractivity contribution in [3.8, 4) is 0 Å². The first-order valence-corrected chi connectivity index (χ1v) is 9.71. The van der Waals surface area contributed by atoms with Crippen LogP contribution < -0.4 is 5.32 Å². The van der Waals surface area contributed by atoms with Gasteiger partial charge in [0.15, 0.2) is 0 Å². The smallest absolute Gasteiger partial charge is 0.220 e. The number of amides is 1. The Morgan fingerprint density at radius 2 is 1.83 bits per heavy atom. The molecule has 2 rings (SSSR count). The van der Waals surface area contributed by atoms with Gasteiger partial charge in [-0.3, -0.25) is 4.79 Å². The van der Waals surface area contributed by atoms with Gasteiger partial charge in [-0.1, -0.05) is 41.9 Å². The highest BCUT2D eigenvalue weighted by Gasteiger charge is 2.07. The van der Waals surface area contributed by atoms with E-state index >= 15 is 0 Å². The van der Waals surface area contributed by atoms with Gasteiger partial charge >= 0.3 is 0 Å². The first-order chi connectivity index (χ1) is 11.6. The SMILES string of the molecule is C[C@@H](CCc1ccccc1)NC(=O)CCCSc1ccc(Cl)cc1. The molecule has 0 bridgehead atoms. The Bertz CT molecular complexity index is 615. The van der Waals surface area contributed by atoms with Crippen LogP contribution in [0, 0.1) is 0 Å². The number of hydrogen-bond donors (Lipinski definition) is 1. The summed E-state index contributed by atoms with van der Waals surface area (Å²) in [6.45, 7) is 2.07. The zero-order valence-electron chi connectivity index (χ0n) is 14.0. The average molecular weight is 362 g/mol. The highest BCUT2D eigenvalue weighted by molar-refractivity contribution is 7.99. The molecule has 1 N–H and O–H groups in total. The first-order valence-electron chi connectivity index (χ1n) is 8.35. The molecule has 0 fully saturated rings. The molecule has 0 saturated carbocycles. The van der Waals surface area contributed by atoms with Crippen molar-refractivity contribution in [2.45, 2.75) is 43.5 Å². The minimum atomic E-state index is 0.146. The number of nitrogens with one attached hydrogen (secondary N) is 1. The van der Waals surface area contributed by atoms with Crippen LogP contribution in [-0.4, -0.2) is 17.7 Å². The van der Waals surface area contributed by atoms with E-state index < -0.39 is 0 Å². The largest absolute Gasteiger partial charge is 0.354 e. The van der Waals surface area contributed by atoms with Gasteiger partial charge in [-0.25, -0.2) is 0 Å². The summed E-state index contributed by atoms with van der Waals surface area (Å²) in [5, 5.41) is 3.84. The van der Waals surface area contributed by atoms with Gasteiger partial charge in [-0.15, -0.1) is 11.8 Å². The Morgan fingerprint density at radius 1 is 1.12 bits per heavy atom. The van der Waals surface area contributed by atoms with Crippen LogP contribution in [0.4, 0.5) is 0 Å². The van der Waals surface area contributed by atoms with E-state index in [1.807, 2.05) is 30.3 Å². The fourth-order valence-corrected chi connectivity index (χ4v) is 3.38. The van der Waals surface area contributed by atoms with Crippen LogP contribution >= 0.6 is 23.4 Å². The Morgan fingerprint density at radius 3 is 2.54 bits per heavy atom. The van der Waals surface area contributed by atoms with E-state index in [2.05, 4.69) is 36.5 Å². The highest BCUT2D eigenvalue weighted by atomic mass is 35.5. The van der Waals surface area contributed by atoms with E-state index in [0.717, 1.165) is 30.0 Å². The lowest BCUT2D eigenvalue weighted by atomic mass is 10.1. The number of carbonyl (C=O) groups is 1. The summed E-state index contributed by atoms with van der Waals surface area (Å²) in [5.74, 6) is 1.08. The van der Waals surface area contributed by atoms with Crippen molar-refractivity contribution in [3.05, 3.63) is 65.2 Å². The molecule has 0 aliphatic rings. The lowest BCUT2D eigenvalue weighted by Gasteiger charge is -2.14. The molecule has 0 aliphatic carbocycles. The normalized spacial score (nSPS) is 11.9. The van der Waals surface area contributed by atoms with Gasteiger partial charge in [0.1, 0.15) is 0 Å². The summed E-state index contributed by atoms with van der Waals surface area (Å²) in [7, 11) is 0. The van der Waals surface area contributed by atoms with Crippen LogP contribution in [0.1, 0.15) is 31.7 Å². The van der Waals surface area contributed by atoms with Gasteiger partial charge < -0.3 is 5.32 Å². The summed E-state index contributed by atoms with van der Waals surface area (Å²) in [4.78, 5) is 13.2. The molecule has 4 heteroatoms. The van der Waals surface area contributed by atoms with Gasteiger partial charge in [0, 0.05) is 22.4 Å². The number of aryl methyl sites for hydroxylation is 1. The second-order valence-electron chi connectivity index (χ2n) is 5.90. The fourth-order valence-electron chi connectivity index (χ4n) is 2.40. The molecule has 0 aliphatic heterocycles. The molecule has 128 valence electrons. The molecule has 0 aromatic heterocycles. The van der Waals surface area contributed by atoms with E-state index in [1.165, 1.54) is 10.5 Å². The number of halogens is 1. The summed E-state index contributed by atoms with van der Waals surface area (Å²) in [6, 6.07) is 18.4. The molecule has 0 unspecified atom stereocenters. The van der Waals surface area contributed by atoms with Crippen molar-refractivity contribution in [1.29, 1.82) is 0 Å². The van der Waals surface area contributed by atoms with Crippen molar-refractivity contribution in [3.63, 3.8) is 0 Å². The predicted octanol–water partition coefficient (Wildman–Crippen LogP) is 5.35. The van der Waals surface area contributed by atoms with Gasteiger partial charge in [-0.05, 0) is 61.8 Å². The first kappa shape index (κ1) is 18.9. The molecule has 1 atom stereocenters. The lowest BCUT2D eigenvalue weighted by molar-refractivity contribution is -0.121. The monoisotopic (exact) mass is 361 g/mol. The van der Waals surface area contributed by atoms with Crippen molar-refractivity contribution in [2.24, 2.45) is 0 Å². The molecule has 0 heterocycles. The van der Waals surface area contributed by atoms with Crippen LogP contribution in [0.5, 0.6) is 0 Å². The number of rotatable bonds is 9. The maximum atomic E-state index is 12.0. The van der Waals surface area contributed by atoms with E-state index in [9.17, 15) is 4.79 Å². The molecular weight excluding hydrogens is 338 g/mol. The molecule has 2 aromatic carbocycles. The minimum absolute atomic E-state index is 0.146. The number of benzene rings is 2. The molecule has 2 aromatic rings. The molecule has 24 heavy (non-hydrogen) atoms. The van der Waals surface area contributed by atoms with Crippen molar-refractivity contribution < 1.29 is 4.79 Å². The highest BCUT2D eigenvalue weighted by Crippen LogP contribution is 2.21. The van der Waals surface area contributed by atoms with Gasteiger partial charge in [0.25, 0.3) is 0 Å². The quantitative estimate of drug-likeness (QED) is 0.481. The predicted molar refractivity (Wildman–Crippen MR) is 104 cm³/mol. The van der Waals surface area contributed by atoms with E-state index in [0.29, 0.717) is 6.42 Å². The Balaban J connectivity index is 1.58. The fraction of sp³-hybridized carbons (Fsp3) is 0.350. The Hall–Kier alpha value is -1.45. The molecular formula is C20H24ClNOS. The van der Waals surface area contributed by atoms with Crippen molar-refractivity contribution >= 4 is 29.3 Å². The number of hydrogen-bond acceptors (Lipinski definition) is 2. The van der Waals surface area contributed by atoms with Crippen LogP contribution in [0.15, 0.2) is 59.5 Å². The Labute approximate surface area is 154 Å². The maximum absolute atomic E-state index is 12.0. The number of thioether (sulfide) groups is 1. The summed E-state index contributed by atoms with van der Waals surface area (Å²) < 4.78 is 0. The van der Waals surface area contributed by atoms with Crippen LogP contribution in [0.25, 0.3) is 0 Å². The topological polar surface area (TPSA) is 29.1 Å². The third kappa shape index (κ3) is 7.41. The van der Waals surface area contributed by atoms with E-state index in [1.54, 1.807) is 11.8 Å². The molecule has 0 saturated heterocycles. The third-order valence-electron chi connectivity index (χ3n) is 3.75. The van der Waals surface area contributed by atoms with Crippen molar-refractivity contribution in [1.82, 2.24) is 5.32 Å². The summed E-state index contributed by atoms with van der Waals surface area (Å²) in [5.41, 5.74) is 1.32. The minimum Gasteiger partial charge on any atom is -0.354 e. The van der Waals surface area contributed by atoms with Gasteiger partial charge in [0.05, 0.1) is 0 Å². The maximum Gasteiger partial charge on any atom is 0.220 e. The van der Waals surface area contributed by atoms with Crippen LogP contribution in [0.2, 0.25) is 5.02 Å². The van der Waals surface area contributed by atoms with E-state index in [-0.39, 0.29) is 11.9 Å². The summed E-state index contributed by atoms with van der Waals surface area (Å²) in [6.07, 6.45) is 3.42. The second-order valence-corrected chi connectivity index (χ2v) is 7.50. The zero-order chi connectivity index (χ0) is 17.2. The van der Waals surface area contributed by atoms with Crippen LogP contribution in [0.3, 0.4) is 0 Å².